The van der Waals surface area contributed by atoms with Crippen molar-refractivity contribution in [3.05, 3.63) is 0 Å². The molecule has 0 saturated heterocycles. The van der Waals surface area contributed by atoms with Crippen molar-refractivity contribution in [3.8, 4) is 0 Å². The number of unbranched alkanes of at least 4 members (excludes halogenated alkanes) is 1. The summed E-state index contributed by atoms with van der Waals surface area (Å²) < 4.78 is 0. The molecule has 258 valence electrons. The molecule has 0 aromatic rings. The second-order valence-corrected chi connectivity index (χ2v) is 11.7. The first kappa shape index (κ1) is 41.0. The molecule has 17 nitrogen and oxygen atoms in total. The quantitative estimate of drug-likeness (QED) is 0.0315. The maximum absolute atomic E-state index is 13.5. The van der Waals surface area contributed by atoms with E-state index in [1.54, 1.807) is 27.7 Å². The first-order valence-electron chi connectivity index (χ1n) is 15.2. The number of rotatable bonds is 23. The Hall–Kier alpha value is -3.99. The molecule has 15 N–H and O–H groups in total. The molecule has 0 rings (SSSR count). The normalized spacial score (nSPS) is 14.4. The lowest BCUT2D eigenvalue weighted by Crippen LogP contribution is -2.59. The third-order valence-electron chi connectivity index (χ3n) is 6.77. The molecular weight excluding hydrogens is 588 g/mol. The SMILES string of the molecule is CC(C)C[C@H](NC(=O)[C@H](CCCN=C(N)N)NC(=O)[C@@H](NC(=O)[C@@H](N)CCCCN)C(C)C)C(=O)N[C@@H](CCC(N)=O)C(=O)O. The summed E-state index contributed by atoms with van der Waals surface area (Å²) in [7, 11) is 0. The van der Waals surface area contributed by atoms with Gasteiger partial charge in [-0.05, 0) is 56.9 Å². The van der Waals surface area contributed by atoms with E-state index in [9.17, 15) is 33.9 Å². The van der Waals surface area contributed by atoms with Gasteiger partial charge in [-0.3, -0.25) is 29.0 Å². The molecule has 0 radical (unpaired) electrons. The van der Waals surface area contributed by atoms with E-state index in [0.717, 1.165) is 0 Å². The monoisotopic (exact) mass is 642 g/mol. The molecule has 17 heteroatoms. The average Bonchev–Trinajstić information content (AvgIpc) is 2.93. The van der Waals surface area contributed by atoms with Crippen LogP contribution in [-0.2, 0) is 28.8 Å². The van der Waals surface area contributed by atoms with Gasteiger partial charge in [-0.15, -0.1) is 0 Å². The van der Waals surface area contributed by atoms with Crippen LogP contribution in [0.3, 0.4) is 0 Å². The minimum atomic E-state index is -1.41. The highest BCUT2D eigenvalue weighted by Crippen LogP contribution is 2.10. The maximum Gasteiger partial charge on any atom is 0.326 e. The van der Waals surface area contributed by atoms with Gasteiger partial charge in [0.05, 0.1) is 6.04 Å². The molecule has 0 aliphatic carbocycles. The summed E-state index contributed by atoms with van der Waals surface area (Å²) in [6.45, 7) is 7.67. The van der Waals surface area contributed by atoms with Crippen molar-refractivity contribution < 1.29 is 33.9 Å². The van der Waals surface area contributed by atoms with Crippen LogP contribution in [0, 0.1) is 11.8 Å². The van der Waals surface area contributed by atoms with Gasteiger partial charge in [-0.1, -0.05) is 34.1 Å². The van der Waals surface area contributed by atoms with Gasteiger partial charge in [-0.25, -0.2) is 4.79 Å². The van der Waals surface area contributed by atoms with Crippen LogP contribution in [0.15, 0.2) is 4.99 Å². The molecule has 0 saturated carbocycles. The lowest BCUT2D eigenvalue weighted by molar-refractivity contribution is -0.142. The Kier molecular flexibility index (Phi) is 19.7. The number of carboxylic acid groups (broad SMARTS) is 1. The number of hydrogen-bond acceptors (Lipinski definition) is 9. The van der Waals surface area contributed by atoms with Gasteiger partial charge in [0.1, 0.15) is 24.2 Å². The zero-order valence-electron chi connectivity index (χ0n) is 26.8. The number of guanidine groups is 1. The summed E-state index contributed by atoms with van der Waals surface area (Å²) in [4.78, 5) is 79.5. The third kappa shape index (κ3) is 17.8. The molecule has 0 fully saturated rings. The van der Waals surface area contributed by atoms with E-state index in [2.05, 4.69) is 26.3 Å². The lowest BCUT2D eigenvalue weighted by Gasteiger charge is -2.28. The summed E-state index contributed by atoms with van der Waals surface area (Å²) in [6.07, 6.45) is 1.71. The van der Waals surface area contributed by atoms with Crippen molar-refractivity contribution >= 4 is 41.5 Å². The summed E-state index contributed by atoms with van der Waals surface area (Å²) in [5.74, 6) is -5.38. The van der Waals surface area contributed by atoms with Gasteiger partial charge in [0.25, 0.3) is 0 Å². The van der Waals surface area contributed by atoms with Gasteiger partial charge in [0.2, 0.25) is 29.5 Å². The molecule has 0 unspecified atom stereocenters. The van der Waals surface area contributed by atoms with Crippen LogP contribution in [0.2, 0.25) is 0 Å². The number of aliphatic imine (C=N–C) groups is 1. The molecular formula is C28H54N10O7. The standard InChI is InChI=1S/C28H54N10O7/c1-15(2)14-20(25(42)36-19(27(44)45)10-11-21(31)39)37-24(41)18(9-7-13-34-28(32)33)35-26(43)22(16(3)4)38-23(40)17(30)8-5-6-12-29/h15-20,22H,5-14,29-30H2,1-4H3,(H2,31,39)(H,35,43)(H,36,42)(H,37,41)(H,38,40)(H,44,45)(H4,32,33,34)/t17-,18-,19-,20-,22-/m0/s1. The first-order valence-corrected chi connectivity index (χ1v) is 15.2. The summed E-state index contributed by atoms with van der Waals surface area (Å²) in [5, 5.41) is 19.8. The Morgan fingerprint density at radius 2 is 1.29 bits per heavy atom. The smallest absolute Gasteiger partial charge is 0.326 e. The van der Waals surface area contributed by atoms with Crippen LogP contribution in [-0.4, -0.2) is 89.9 Å². The maximum atomic E-state index is 13.5. The van der Waals surface area contributed by atoms with E-state index in [0.29, 0.717) is 25.8 Å². The Labute approximate surface area is 264 Å². The fraction of sp³-hybridized carbons (Fsp3) is 0.750. The number of carbonyl (C=O) groups excluding carboxylic acids is 5. The zero-order chi connectivity index (χ0) is 34.7. The number of hydrogen-bond donors (Lipinski definition) is 10. The van der Waals surface area contributed by atoms with Crippen molar-refractivity contribution in [1.29, 1.82) is 0 Å². The number of nitrogens with zero attached hydrogens (tertiary/aromatic N) is 1. The molecule has 0 spiro atoms. The van der Waals surface area contributed by atoms with Crippen molar-refractivity contribution in [3.63, 3.8) is 0 Å². The third-order valence-corrected chi connectivity index (χ3v) is 6.77. The van der Waals surface area contributed by atoms with E-state index in [1.807, 2.05) is 0 Å². The highest BCUT2D eigenvalue weighted by Gasteiger charge is 2.33. The van der Waals surface area contributed by atoms with Crippen LogP contribution < -0.4 is 49.9 Å². The number of aliphatic carboxylic acids is 1. The fourth-order valence-corrected chi connectivity index (χ4v) is 4.26. The molecule has 5 amide bonds. The number of amides is 5. The molecule has 0 bridgehead atoms. The minimum Gasteiger partial charge on any atom is -0.480 e. The predicted molar refractivity (Wildman–Crippen MR) is 169 cm³/mol. The van der Waals surface area contributed by atoms with Crippen LogP contribution >= 0.6 is 0 Å². The van der Waals surface area contributed by atoms with Crippen molar-refractivity contribution in [1.82, 2.24) is 21.3 Å². The highest BCUT2D eigenvalue weighted by atomic mass is 16.4. The molecule has 0 aromatic carbocycles. The van der Waals surface area contributed by atoms with E-state index >= 15 is 0 Å². The second-order valence-electron chi connectivity index (χ2n) is 11.7. The number of primary amides is 1. The van der Waals surface area contributed by atoms with Crippen LogP contribution in [0.1, 0.15) is 79.1 Å². The summed E-state index contributed by atoms with van der Waals surface area (Å²) in [6, 6.07) is -5.63. The highest BCUT2D eigenvalue weighted by molar-refractivity contribution is 5.95. The average molecular weight is 643 g/mol. The van der Waals surface area contributed by atoms with Gasteiger partial charge in [0, 0.05) is 13.0 Å². The molecule has 0 aliphatic rings. The van der Waals surface area contributed by atoms with E-state index in [1.165, 1.54) is 0 Å². The van der Waals surface area contributed by atoms with Crippen molar-refractivity contribution in [2.45, 2.75) is 109 Å². The first-order chi connectivity index (χ1) is 21.0. The Morgan fingerprint density at radius 3 is 1.80 bits per heavy atom. The van der Waals surface area contributed by atoms with Crippen LogP contribution in [0.5, 0.6) is 0 Å². The number of carbonyl (C=O) groups is 6. The van der Waals surface area contributed by atoms with Crippen molar-refractivity contribution in [2.75, 3.05) is 13.1 Å². The van der Waals surface area contributed by atoms with Gasteiger partial charge in [-0.2, -0.15) is 0 Å². The predicted octanol–water partition coefficient (Wildman–Crippen LogP) is -2.51. The lowest BCUT2D eigenvalue weighted by atomic mass is 9.99. The van der Waals surface area contributed by atoms with Crippen molar-refractivity contribution in [2.24, 2.45) is 45.5 Å². The topological polar surface area (TPSA) is 313 Å². The molecule has 0 aliphatic heterocycles. The Balaban J connectivity index is 5.94. The van der Waals surface area contributed by atoms with Crippen LogP contribution in [0.4, 0.5) is 0 Å². The molecule has 45 heavy (non-hydrogen) atoms. The molecule has 5 atom stereocenters. The number of carboxylic acids is 1. The number of nitrogens with two attached hydrogens (primary N) is 5. The Bertz CT molecular complexity index is 1020. The second kappa shape index (κ2) is 21.7. The Morgan fingerprint density at radius 1 is 0.711 bits per heavy atom. The van der Waals surface area contributed by atoms with E-state index in [4.69, 9.17) is 28.7 Å². The molecule has 0 aromatic heterocycles. The van der Waals surface area contributed by atoms with Gasteiger partial charge in [0.15, 0.2) is 5.96 Å². The molecule has 0 heterocycles. The van der Waals surface area contributed by atoms with E-state index < -0.39 is 65.7 Å². The fourth-order valence-electron chi connectivity index (χ4n) is 4.26. The summed E-state index contributed by atoms with van der Waals surface area (Å²) in [5.41, 5.74) is 27.4. The largest absolute Gasteiger partial charge is 0.480 e. The van der Waals surface area contributed by atoms with Gasteiger partial charge < -0.3 is 55.0 Å². The van der Waals surface area contributed by atoms with Gasteiger partial charge >= 0.3 is 5.97 Å². The van der Waals surface area contributed by atoms with Crippen LogP contribution in [0.25, 0.3) is 0 Å². The zero-order valence-corrected chi connectivity index (χ0v) is 26.8. The summed E-state index contributed by atoms with van der Waals surface area (Å²) >= 11 is 0. The van der Waals surface area contributed by atoms with E-state index in [-0.39, 0.29) is 56.4 Å². The number of nitrogens with one attached hydrogen (secondary N) is 4. The minimum absolute atomic E-state index is 0.0676.